The van der Waals surface area contributed by atoms with Crippen molar-refractivity contribution in [2.24, 2.45) is 0 Å². The maximum absolute atomic E-state index is 13.9. The minimum Gasteiger partial charge on any atom is -0.465 e. The monoisotopic (exact) mass is 490 g/mol. The average molecular weight is 491 g/mol. The highest BCUT2D eigenvalue weighted by Crippen LogP contribution is 2.53. The van der Waals surface area contributed by atoms with E-state index in [1.807, 2.05) is 5.40 Å². The molecule has 166 valence electrons. The van der Waals surface area contributed by atoms with Crippen LogP contribution in [0.2, 0.25) is 0 Å². The number of thioether (sulfide) groups is 1. The molecule has 0 bridgehead atoms. The number of anilines is 1. The number of rotatable bonds is 9. The zero-order valence-electron chi connectivity index (χ0n) is 16.9. The molecule has 3 aromatic rings. The molecule has 4 rings (SSSR count). The minimum atomic E-state index is -4.15. The Morgan fingerprint density at radius 1 is 1.34 bits per heavy atom. The third kappa shape index (κ3) is 4.84. The van der Waals surface area contributed by atoms with Gasteiger partial charge in [-0.15, -0.1) is 0 Å². The van der Waals surface area contributed by atoms with Crippen LogP contribution in [0.1, 0.15) is 19.8 Å². The van der Waals surface area contributed by atoms with E-state index in [2.05, 4.69) is 10.1 Å². The zero-order chi connectivity index (χ0) is 22.8. The van der Waals surface area contributed by atoms with Gasteiger partial charge in [-0.3, -0.25) is 4.79 Å². The summed E-state index contributed by atoms with van der Waals surface area (Å²) in [7, 11) is -4.15. The fraction of sp³-hybridized carbons (Fsp3) is 0.250. The third-order valence-corrected chi connectivity index (χ3v) is 7.55. The van der Waals surface area contributed by atoms with Gasteiger partial charge in [0.1, 0.15) is 22.2 Å². The van der Waals surface area contributed by atoms with Crippen LogP contribution in [0.3, 0.4) is 0 Å². The molecule has 0 aliphatic heterocycles. The number of para-hydroxylation sites is 1. The molecule has 2 aromatic carbocycles. The second kappa shape index (κ2) is 9.00. The molecule has 1 aliphatic carbocycles. The molecule has 1 heterocycles. The summed E-state index contributed by atoms with van der Waals surface area (Å²) in [5.74, 6) is -0.100. The van der Waals surface area contributed by atoms with Crippen molar-refractivity contribution in [3.63, 3.8) is 0 Å². The second-order valence-electron chi connectivity index (χ2n) is 6.92. The molecular formula is C20H19N4O5PS2. The smallest absolute Gasteiger partial charge is 0.465 e. The van der Waals surface area contributed by atoms with Crippen molar-refractivity contribution in [3.05, 3.63) is 42.5 Å². The van der Waals surface area contributed by atoms with Gasteiger partial charge in [-0.25, -0.2) is 9.55 Å². The van der Waals surface area contributed by atoms with E-state index in [1.54, 1.807) is 49.4 Å². The molecule has 0 saturated heterocycles. The van der Waals surface area contributed by atoms with Gasteiger partial charge in [0.05, 0.1) is 11.3 Å². The molecule has 1 saturated carbocycles. The molecule has 0 radical (unpaired) electrons. The maximum atomic E-state index is 13.9. The van der Waals surface area contributed by atoms with Crippen molar-refractivity contribution >= 4 is 52.2 Å². The Kier molecular flexibility index (Phi) is 6.31. The molecule has 12 heteroatoms. The number of esters is 1. The Morgan fingerprint density at radius 3 is 2.75 bits per heavy atom. The van der Waals surface area contributed by atoms with Crippen molar-refractivity contribution in [1.82, 2.24) is 10.1 Å². The molecule has 1 aromatic heterocycles. The van der Waals surface area contributed by atoms with Crippen molar-refractivity contribution in [3.8, 4) is 16.9 Å². The quantitative estimate of drug-likeness (QED) is 0.188. The first-order chi connectivity index (χ1) is 15.4. The van der Waals surface area contributed by atoms with Gasteiger partial charge in [-0.1, -0.05) is 29.5 Å². The van der Waals surface area contributed by atoms with Gasteiger partial charge in [0.2, 0.25) is 0 Å². The number of carbonyl (C=O) groups is 1. The van der Waals surface area contributed by atoms with Crippen molar-refractivity contribution in [1.29, 1.82) is 5.26 Å². The molecule has 3 N–H and O–H groups in total. The summed E-state index contributed by atoms with van der Waals surface area (Å²) in [6.07, 6.45) is 0.863. The second-order valence-corrected chi connectivity index (χ2v) is 10.4. The Hall–Kier alpha value is -2.77. The van der Waals surface area contributed by atoms with E-state index in [4.69, 9.17) is 24.8 Å². The first-order valence-corrected chi connectivity index (χ1v) is 12.8. The van der Waals surface area contributed by atoms with Crippen LogP contribution < -0.4 is 19.9 Å². The van der Waals surface area contributed by atoms with E-state index in [0.29, 0.717) is 38.8 Å². The SMILES string of the molecule is CCOC(=O)C1(NP(=O)(Oc2ccccc2)Oc2cc(SC#N)cc3sc(N)nc23)CC1. The van der Waals surface area contributed by atoms with Gasteiger partial charge in [-0.2, -0.15) is 10.3 Å². The number of nitrogens with zero attached hydrogens (tertiary/aromatic N) is 2. The van der Waals surface area contributed by atoms with Crippen LogP contribution in [-0.4, -0.2) is 23.1 Å². The van der Waals surface area contributed by atoms with Crippen LogP contribution in [0, 0.1) is 10.7 Å². The van der Waals surface area contributed by atoms with Crippen LogP contribution >= 0.6 is 30.8 Å². The summed E-state index contributed by atoms with van der Waals surface area (Å²) < 4.78 is 31.4. The maximum Gasteiger partial charge on any atom is 0.513 e. The number of hydrogen-bond acceptors (Lipinski definition) is 10. The number of nitrogens with one attached hydrogen (secondary N) is 1. The van der Waals surface area contributed by atoms with Gasteiger partial charge in [-0.05, 0) is 55.8 Å². The third-order valence-electron chi connectivity index (χ3n) is 4.57. The summed E-state index contributed by atoms with van der Waals surface area (Å²) in [6.45, 7) is 1.89. The topological polar surface area (TPSA) is 137 Å². The number of fused-ring (bicyclic) bond motifs is 1. The van der Waals surface area contributed by atoms with Gasteiger partial charge in [0, 0.05) is 4.90 Å². The van der Waals surface area contributed by atoms with E-state index in [9.17, 15) is 9.36 Å². The Balaban J connectivity index is 1.73. The summed E-state index contributed by atoms with van der Waals surface area (Å²) in [5.41, 5.74) is 5.09. The molecular weight excluding hydrogens is 471 g/mol. The minimum absolute atomic E-state index is 0.125. The Bertz CT molecular complexity index is 1240. The van der Waals surface area contributed by atoms with E-state index in [-0.39, 0.29) is 12.4 Å². The van der Waals surface area contributed by atoms with Gasteiger partial charge in [0.25, 0.3) is 0 Å². The van der Waals surface area contributed by atoms with Crippen molar-refractivity contribution < 1.29 is 23.1 Å². The Labute approximate surface area is 192 Å². The molecule has 0 amide bonds. The van der Waals surface area contributed by atoms with Crippen LogP contribution in [0.4, 0.5) is 5.13 Å². The number of carbonyl (C=O) groups excluding carboxylic acids is 1. The number of hydrogen-bond donors (Lipinski definition) is 2. The van der Waals surface area contributed by atoms with Crippen LogP contribution in [0.5, 0.6) is 11.5 Å². The number of nitrogen functional groups attached to an aromatic ring is 1. The summed E-state index contributed by atoms with van der Waals surface area (Å²) in [4.78, 5) is 17.3. The van der Waals surface area contributed by atoms with E-state index in [0.717, 1.165) is 11.8 Å². The molecule has 1 atom stereocenters. The molecule has 0 spiro atoms. The molecule has 1 fully saturated rings. The van der Waals surface area contributed by atoms with Gasteiger partial charge < -0.3 is 19.5 Å². The summed E-state index contributed by atoms with van der Waals surface area (Å²) in [5, 5.41) is 14.2. The lowest BCUT2D eigenvalue weighted by Gasteiger charge is -2.24. The van der Waals surface area contributed by atoms with E-state index in [1.165, 1.54) is 11.3 Å². The number of aromatic nitrogens is 1. The normalized spacial score (nSPS) is 16.0. The van der Waals surface area contributed by atoms with E-state index >= 15 is 0 Å². The lowest BCUT2D eigenvalue weighted by molar-refractivity contribution is -0.146. The molecule has 9 nitrogen and oxygen atoms in total. The number of thiocyanates is 1. The van der Waals surface area contributed by atoms with Crippen LogP contribution in [0.15, 0.2) is 47.4 Å². The largest absolute Gasteiger partial charge is 0.513 e. The molecule has 1 aliphatic rings. The number of ether oxygens (including phenoxy) is 1. The van der Waals surface area contributed by atoms with Gasteiger partial charge in [0.15, 0.2) is 10.9 Å². The number of thiazole rings is 1. The van der Waals surface area contributed by atoms with E-state index < -0.39 is 19.3 Å². The van der Waals surface area contributed by atoms with Crippen molar-refractivity contribution in [2.45, 2.75) is 30.2 Å². The fourth-order valence-corrected chi connectivity index (χ4v) is 6.08. The average Bonchev–Trinajstić information content (AvgIpc) is 3.41. The predicted octanol–water partition coefficient (Wildman–Crippen LogP) is 4.70. The lowest BCUT2D eigenvalue weighted by Crippen LogP contribution is -2.40. The number of nitrogens with two attached hydrogens (primary N) is 1. The first kappa shape index (κ1) is 22.4. The number of benzene rings is 2. The van der Waals surface area contributed by atoms with Crippen molar-refractivity contribution in [2.75, 3.05) is 12.3 Å². The standard InChI is InChI=1S/C20H19N4O5PS2/c1-2-27-18(25)20(8-9-20)24-30(26,28-13-6-4-3-5-7-13)29-15-10-14(31-12-21)11-16-17(15)23-19(22)32-16/h3-7,10-11H,2,8-9H2,1H3,(H2,22,23)(H,24,26). The highest BCUT2D eigenvalue weighted by molar-refractivity contribution is 8.03. The number of nitriles is 1. The van der Waals surface area contributed by atoms with Gasteiger partial charge >= 0.3 is 13.7 Å². The lowest BCUT2D eigenvalue weighted by atomic mass is 10.3. The highest BCUT2D eigenvalue weighted by Gasteiger charge is 2.57. The van der Waals surface area contributed by atoms with Crippen LogP contribution in [0.25, 0.3) is 10.2 Å². The van der Waals surface area contributed by atoms with Crippen LogP contribution in [-0.2, 0) is 14.1 Å². The summed E-state index contributed by atoms with van der Waals surface area (Å²) >= 11 is 2.13. The fourth-order valence-electron chi connectivity index (χ4n) is 3.00. The summed E-state index contributed by atoms with van der Waals surface area (Å²) in [6, 6.07) is 11.8. The zero-order valence-corrected chi connectivity index (χ0v) is 19.5. The Morgan fingerprint density at radius 2 is 2.09 bits per heavy atom. The predicted molar refractivity (Wildman–Crippen MR) is 123 cm³/mol. The molecule has 1 unspecified atom stereocenters. The highest BCUT2D eigenvalue weighted by atomic mass is 32.2. The molecule has 32 heavy (non-hydrogen) atoms. The first-order valence-electron chi connectivity index (χ1n) is 9.63.